The first kappa shape index (κ1) is 8.41. The Morgan fingerprint density at radius 2 is 2.17 bits per heavy atom. The van der Waals surface area contributed by atoms with E-state index in [0.717, 1.165) is 0 Å². The topological polar surface area (TPSA) is 90.1 Å². The minimum absolute atomic E-state index is 0.212. The lowest BCUT2D eigenvalue weighted by Gasteiger charge is -1.98. The van der Waals surface area contributed by atoms with Gasteiger partial charge in [0, 0.05) is 12.4 Å². The summed E-state index contributed by atoms with van der Waals surface area (Å²) < 4.78 is 4.70. The molecule has 0 saturated heterocycles. The van der Waals surface area contributed by atoms with Crippen molar-refractivity contribution in [3.63, 3.8) is 0 Å². The Labute approximate surface area is 68.7 Å². The third-order valence-corrected chi connectivity index (χ3v) is 1.20. The number of aromatic nitrogens is 2. The van der Waals surface area contributed by atoms with Gasteiger partial charge in [0.25, 0.3) is 5.91 Å². The molecule has 0 aliphatic carbocycles. The molecule has 6 nitrogen and oxygen atoms in total. The molecule has 0 atom stereocenters. The Morgan fingerprint density at radius 1 is 1.58 bits per heavy atom. The molecule has 1 aromatic rings. The zero-order valence-corrected chi connectivity index (χ0v) is 6.44. The summed E-state index contributed by atoms with van der Waals surface area (Å²) in [6, 6.07) is 0.212. The van der Waals surface area contributed by atoms with Crippen LogP contribution in [0.1, 0.15) is 10.4 Å². The molecule has 0 bridgehead atoms. The number of carbonyl (C=O) groups excluding carboxylic acids is 1. The molecule has 0 saturated carbocycles. The van der Waals surface area contributed by atoms with Crippen molar-refractivity contribution in [3.05, 3.63) is 18.0 Å². The number of rotatable bonds is 2. The predicted molar refractivity (Wildman–Crippen MR) is 40.2 cm³/mol. The number of nitrogen functional groups attached to an aromatic ring is 1. The summed E-state index contributed by atoms with van der Waals surface area (Å²) in [7, 11) is 1.44. The second kappa shape index (κ2) is 3.63. The van der Waals surface area contributed by atoms with Gasteiger partial charge < -0.3 is 4.74 Å². The molecule has 1 amide bonds. The fourth-order valence-corrected chi connectivity index (χ4v) is 0.622. The number of methoxy groups -OCH3 is 1. The smallest absolute Gasteiger partial charge is 0.316 e. The van der Waals surface area contributed by atoms with Crippen LogP contribution in [0.25, 0.3) is 0 Å². The van der Waals surface area contributed by atoms with Gasteiger partial charge in [0.1, 0.15) is 0 Å². The fourth-order valence-electron chi connectivity index (χ4n) is 0.622. The molecule has 0 unspecified atom stereocenters. The van der Waals surface area contributed by atoms with Gasteiger partial charge in [0.05, 0.1) is 12.7 Å². The van der Waals surface area contributed by atoms with Crippen LogP contribution in [0.2, 0.25) is 0 Å². The lowest BCUT2D eigenvalue weighted by Crippen LogP contribution is -2.30. The summed E-state index contributed by atoms with van der Waals surface area (Å²) in [4.78, 5) is 18.3. The Kier molecular flexibility index (Phi) is 2.54. The number of hydrogen-bond acceptors (Lipinski definition) is 5. The van der Waals surface area contributed by atoms with Crippen molar-refractivity contribution >= 4 is 5.91 Å². The van der Waals surface area contributed by atoms with Crippen molar-refractivity contribution in [2.75, 3.05) is 7.11 Å². The summed E-state index contributed by atoms with van der Waals surface area (Å²) in [5, 5.41) is 0. The molecule has 1 heterocycles. The molecular formula is C6H8N4O2. The number of hydrogen-bond donors (Lipinski definition) is 2. The van der Waals surface area contributed by atoms with E-state index in [2.05, 4.69) is 9.97 Å². The van der Waals surface area contributed by atoms with Crippen molar-refractivity contribution in [1.29, 1.82) is 0 Å². The Hall–Kier alpha value is -1.69. The van der Waals surface area contributed by atoms with Crippen molar-refractivity contribution in [3.8, 4) is 6.01 Å². The SMILES string of the molecule is COc1ncc(C(=O)NN)cn1. The van der Waals surface area contributed by atoms with Crippen molar-refractivity contribution in [2.45, 2.75) is 0 Å². The Bertz CT molecular complexity index is 271. The zero-order chi connectivity index (χ0) is 8.97. The van der Waals surface area contributed by atoms with Gasteiger partial charge in [-0.05, 0) is 0 Å². The van der Waals surface area contributed by atoms with Gasteiger partial charge in [-0.1, -0.05) is 0 Å². The summed E-state index contributed by atoms with van der Waals surface area (Å²) in [6.07, 6.45) is 2.65. The molecular weight excluding hydrogens is 160 g/mol. The van der Waals surface area contributed by atoms with Crippen LogP contribution in [0, 0.1) is 0 Å². The van der Waals surface area contributed by atoms with Crippen LogP contribution in [0.4, 0.5) is 0 Å². The van der Waals surface area contributed by atoms with Gasteiger partial charge in [-0.25, -0.2) is 15.8 Å². The first-order valence-corrected chi connectivity index (χ1v) is 3.15. The fraction of sp³-hybridized carbons (Fsp3) is 0.167. The standard InChI is InChI=1S/C6H8N4O2/c1-12-6-8-2-4(3-9-6)5(11)10-7/h2-3H,7H2,1H3,(H,10,11). The summed E-state index contributed by atoms with van der Waals surface area (Å²) in [5.74, 6) is 4.46. The number of hydrazine groups is 1. The lowest BCUT2D eigenvalue weighted by atomic mass is 10.3. The van der Waals surface area contributed by atoms with Crippen LogP contribution in [-0.2, 0) is 0 Å². The highest BCUT2D eigenvalue weighted by atomic mass is 16.5. The molecule has 1 rings (SSSR count). The maximum Gasteiger partial charge on any atom is 0.316 e. The zero-order valence-electron chi connectivity index (χ0n) is 6.44. The van der Waals surface area contributed by atoms with Gasteiger partial charge >= 0.3 is 6.01 Å². The van der Waals surface area contributed by atoms with Crippen molar-refractivity contribution in [1.82, 2.24) is 15.4 Å². The van der Waals surface area contributed by atoms with Crippen LogP contribution in [0.3, 0.4) is 0 Å². The van der Waals surface area contributed by atoms with E-state index in [1.54, 1.807) is 0 Å². The van der Waals surface area contributed by atoms with Crippen LogP contribution in [0.5, 0.6) is 6.01 Å². The average Bonchev–Trinajstić information content (AvgIpc) is 2.17. The predicted octanol–water partition coefficient (Wildman–Crippen LogP) is -0.911. The molecule has 6 heteroatoms. The second-order valence-corrected chi connectivity index (χ2v) is 1.93. The van der Waals surface area contributed by atoms with E-state index in [0.29, 0.717) is 5.56 Å². The van der Waals surface area contributed by atoms with E-state index >= 15 is 0 Å². The van der Waals surface area contributed by atoms with E-state index in [-0.39, 0.29) is 6.01 Å². The van der Waals surface area contributed by atoms with Crippen molar-refractivity contribution in [2.24, 2.45) is 5.84 Å². The first-order valence-electron chi connectivity index (χ1n) is 3.15. The van der Waals surface area contributed by atoms with Gasteiger partial charge in [0.15, 0.2) is 0 Å². The number of ether oxygens (including phenoxy) is 1. The number of carbonyl (C=O) groups is 1. The van der Waals surface area contributed by atoms with E-state index < -0.39 is 5.91 Å². The highest BCUT2D eigenvalue weighted by Crippen LogP contribution is 2.00. The van der Waals surface area contributed by atoms with Gasteiger partial charge in [-0.15, -0.1) is 0 Å². The summed E-state index contributed by atoms with van der Waals surface area (Å²) >= 11 is 0. The Morgan fingerprint density at radius 3 is 2.58 bits per heavy atom. The lowest BCUT2D eigenvalue weighted by molar-refractivity contribution is 0.0953. The van der Waals surface area contributed by atoms with Crippen LogP contribution >= 0.6 is 0 Å². The van der Waals surface area contributed by atoms with Gasteiger partial charge in [-0.2, -0.15) is 0 Å². The molecule has 0 fully saturated rings. The molecule has 0 aliphatic rings. The van der Waals surface area contributed by atoms with E-state index in [1.165, 1.54) is 19.5 Å². The number of amides is 1. The molecule has 1 aromatic heterocycles. The molecule has 0 aromatic carbocycles. The normalized spacial score (nSPS) is 9.17. The molecule has 0 radical (unpaired) electrons. The van der Waals surface area contributed by atoms with Crippen molar-refractivity contribution < 1.29 is 9.53 Å². The van der Waals surface area contributed by atoms with Crippen LogP contribution in [0.15, 0.2) is 12.4 Å². The minimum atomic E-state index is -0.433. The second-order valence-electron chi connectivity index (χ2n) is 1.93. The third-order valence-electron chi connectivity index (χ3n) is 1.20. The number of nitrogens with one attached hydrogen (secondary N) is 1. The minimum Gasteiger partial charge on any atom is -0.467 e. The molecule has 0 aliphatic heterocycles. The largest absolute Gasteiger partial charge is 0.467 e. The van der Waals surface area contributed by atoms with E-state index in [4.69, 9.17) is 10.6 Å². The monoisotopic (exact) mass is 168 g/mol. The Balaban J connectivity index is 2.84. The van der Waals surface area contributed by atoms with Crippen LogP contribution < -0.4 is 16.0 Å². The number of nitrogens with two attached hydrogens (primary N) is 1. The average molecular weight is 168 g/mol. The first-order chi connectivity index (χ1) is 5.77. The van der Waals surface area contributed by atoms with E-state index in [9.17, 15) is 4.79 Å². The molecule has 0 spiro atoms. The van der Waals surface area contributed by atoms with Crippen LogP contribution in [-0.4, -0.2) is 23.0 Å². The van der Waals surface area contributed by atoms with Gasteiger partial charge in [-0.3, -0.25) is 10.2 Å². The highest BCUT2D eigenvalue weighted by Gasteiger charge is 2.03. The quantitative estimate of drug-likeness (QED) is 0.339. The summed E-state index contributed by atoms with van der Waals surface area (Å²) in [6.45, 7) is 0. The number of nitrogens with zero attached hydrogens (tertiary/aromatic N) is 2. The molecule has 12 heavy (non-hydrogen) atoms. The van der Waals surface area contributed by atoms with E-state index in [1.807, 2.05) is 5.43 Å². The summed E-state index contributed by atoms with van der Waals surface area (Å²) in [5.41, 5.74) is 2.25. The highest BCUT2D eigenvalue weighted by molar-refractivity contribution is 5.93. The maximum absolute atomic E-state index is 10.9. The third kappa shape index (κ3) is 1.67. The van der Waals surface area contributed by atoms with Gasteiger partial charge in [0.2, 0.25) is 0 Å². The molecule has 64 valence electrons. The maximum atomic E-state index is 10.9. The molecule has 3 N–H and O–H groups in total.